The van der Waals surface area contributed by atoms with Gasteiger partial charge in [0.15, 0.2) is 0 Å². The molecular weight excluding hydrogens is 302 g/mol. The van der Waals surface area contributed by atoms with Crippen molar-refractivity contribution in [1.29, 1.82) is 0 Å². The van der Waals surface area contributed by atoms with Gasteiger partial charge in [0.1, 0.15) is 0 Å². The van der Waals surface area contributed by atoms with Crippen molar-refractivity contribution in [2.24, 2.45) is 5.92 Å². The quantitative estimate of drug-likeness (QED) is 0.789. The summed E-state index contributed by atoms with van der Waals surface area (Å²) in [6.45, 7) is 9.52. The maximum Gasteiger partial charge on any atom is 0.279 e. The third-order valence-electron chi connectivity index (χ3n) is 4.24. The van der Waals surface area contributed by atoms with Gasteiger partial charge in [0.2, 0.25) is 0 Å². The molecule has 0 bridgehead atoms. The van der Waals surface area contributed by atoms with E-state index in [9.17, 15) is 8.42 Å². The fourth-order valence-corrected chi connectivity index (χ4v) is 4.48. The summed E-state index contributed by atoms with van der Waals surface area (Å²) < 4.78 is 34.8. The highest BCUT2D eigenvalue weighted by Crippen LogP contribution is 2.13. The van der Waals surface area contributed by atoms with Crippen LogP contribution in [0.25, 0.3) is 0 Å². The second-order valence-corrected chi connectivity index (χ2v) is 8.57. The number of ether oxygens (including phenoxy) is 1. The van der Waals surface area contributed by atoms with E-state index < -0.39 is 10.2 Å². The molecule has 2 rings (SSSR count). The Labute approximate surface area is 135 Å². The molecule has 0 spiro atoms. The molecule has 2 fully saturated rings. The van der Waals surface area contributed by atoms with Gasteiger partial charge < -0.3 is 4.74 Å². The van der Waals surface area contributed by atoms with Crippen molar-refractivity contribution < 1.29 is 13.2 Å². The van der Waals surface area contributed by atoms with Crippen molar-refractivity contribution in [3.05, 3.63) is 0 Å². The second kappa shape index (κ2) is 8.59. The lowest BCUT2D eigenvalue weighted by Crippen LogP contribution is -2.50. The predicted molar refractivity (Wildman–Crippen MR) is 88.0 cm³/mol. The zero-order valence-corrected chi connectivity index (χ0v) is 14.8. The van der Waals surface area contributed by atoms with Gasteiger partial charge in [-0.25, -0.2) is 0 Å². The molecule has 2 saturated heterocycles. The number of nitrogens with zero attached hydrogens (tertiary/aromatic N) is 2. The Kier molecular flexibility index (Phi) is 7.08. The molecule has 22 heavy (non-hydrogen) atoms. The predicted octanol–water partition coefficient (Wildman–Crippen LogP) is 1.05. The number of rotatable bonds is 6. The first-order valence-electron chi connectivity index (χ1n) is 8.56. The Balaban J connectivity index is 1.80. The van der Waals surface area contributed by atoms with Crippen molar-refractivity contribution in [3.63, 3.8) is 0 Å². The standard InChI is InChI=1S/C15H31N3O3S/c1-14(2)12-17-9-10-21-15(13-17)11-16-22(19,20)18-7-5-3-4-6-8-18/h14-16H,3-13H2,1-2H3/t15-/m1/s1. The molecule has 7 heteroatoms. The van der Waals surface area contributed by atoms with Crippen molar-refractivity contribution in [2.75, 3.05) is 45.9 Å². The van der Waals surface area contributed by atoms with Crippen LogP contribution in [0.3, 0.4) is 0 Å². The second-order valence-electron chi connectivity index (χ2n) is 6.81. The van der Waals surface area contributed by atoms with E-state index in [4.69, 9.17) is 4.74 Å². The highest BCUT2D eigenvalue weighted by Gasteiger charge is 2.26. The van der Waals surface area contributed by atoms with E-state index in [0.717, 1.165) is 45.3 Å². The van der Waals surface area contributed by atoms with Gasteiger partial charge in [0.25, 0.3) is 10.2 Å². The first-order valence-corrected chi connectivity index (χ1v) is 10.00. The van der Waals surface area contributed by atoms with E-state index in [0.29, 0.717) is 32.2 Å². The van der Waals surface area contributed by atoms with Gasteiger partial charge in [-0.1, -0.05) is 26.7 Å². The number of morpholine rings is 1. The zero-order valence-electron chi connectivity index (χ0n) is 14.0. The highest BCUT2D eigenvalue weighted by atomic mass is 32.2. The Morgan fingerprint density at radius 1 is 1.14 bits per heavy atom. The Morgan fingerprint density at radius 3 is 2.45 bits per heavy atom. The van der Waals surface area contributed by atoms with Crippen LogP contribution < -0.4 is 4.72 Å². The lowest BCUT2D eigenvalue weighted by Gasteiger charge is -2.34. The lowest BCUT2D eigenvalue weighted by molar-refractivity contribution is -0.0281. The maximum absolute atomic E-state index is 12.4. The Hall–Kier alpha value is -0.210. The molecule has 0 saturated carbocycles. The minimum atomic E-state index is -3.36. The van der Waals surface area contributed by atoms with Gasteiger partial charge in [0, 0.05) is 39.3 Å². The molecular formula is C15H31N3O3S. The van der Waals surface area contributed by atoms with Gasteiger partial charge in [-0.2, -0.15) is 17.4 Å². The first-order chi connectivity index (χ1) is 10.5. The summed E-state index contributed by atoms with van der Waals surface area (Å²) >= 11 is 0. The van der Waals surface area contributed by atoms with Crippen molar-refractivity contribution in [1.82, 2.24) is 13.9 Å². The van der Waals surface area contributed by atoms with Crippen LogP contribution in [-0.4, -0.2) is 69.6 Å². The Morgan fingerprint density at radius 2 is 1.82 bits per heavy atom. The monoisotopic (exact) mass is 333 g/mol. The van der Waals surface area contributed by atoms with Crippen molar-refractivity contribution in [2.45, 2.75) is 45.6 Å². The van der Waals surface area contributed by atoms with Gasteiger partial charge in [-0.15, -0.1) is 0 Å². The molecule has 0 aliphatic carbocycles. The third kappa shape index (κ3) is 5.77. The van der Waals surface area contributed by atoms with Crippen LogP contribution in [0.15, 0.2) is 0 Å². The van der Waals surface area contributed by atoms with Gasteiger partial charge >= 0.3 is 0 Å². The summed E-state index contributed by atoms with van der Waals surface area (Å²) in [7, 11) is -3.36. The molecule has 1 atom stereocenters. The average Bonchev–Trinajstić information content (AvgIpc) is 2.75. The average molecular weight is 333 g/mol. The lowest BCUT2D eigenvalue weighted by atomic mass is 10.2. The highest BCUT2D eigenvalue weighted by molar-refractivity contribution is 7.87. The van der Waals surface area contributed by atoms with E-state index >= 15 is 0 Å². The number of nitrogens with one attached hydrogen (secondary N) is 1. The SMILES string of the molecule is CC(C)CN1CCO[C@H](CNS(=O)(=O)N2CCCCCC2)C1. The minimum Gasteiger partial charge on any atom is -0.374 e. The van der Waals surface area contributed by atoms with Crippen molar-refractivity contribution in [3.8, 4) is 0 Å². The smallest absolute Gasteiger partial charge is 0.279 e. The first kappa shape index (κ1) is 18.1. The molecule has 2 heterocycles. The summed E-state index contributed by atoms with van der Waals surface area (Å²) in [5.74, 6) is 0.618. The van der Waals surface area contributed by atoms with Crippen LogP contribution >= 0.6 is 0 Å². The van der Waals surface area contributed by atoms with E-state index in [2.05, 4.69) is 23.5 Å². The van der Waals surface area contributed by atoms with Crippen LogP contribution in [-0.2, 0) is 14.9 Å². The minimum absolute atomic E-state index is 0.0470. The molecule has 0 aromatic heterocycles. The van der Waals surface area contributed by atoms with E-state index in [1.807, 2.05) is 0 Å². The van der Waals surface area contributed by atoms with Gasteiger partial charge in [-0.05, 0) is 18.8 Å². The fraction of sp³-hybridized carbons (Fsp3) is 1.00. The number of hydrogen-bond acceptors (Lipinski definition) is 4. The molecule has 2 aliphatic heterocycles. The van der Waals surface area contributed by atoms with Crippen LogP contribution in [0.5, 0.6) is 0 Å². The zero-order chi connectivity index (χ0) is 16.0. The molecule has 0 aromatic carbocycles. The van der Waals surface area contributed by atoms with E-state index in [1.54, 1.807) is 4.31 Å². The van der Waals surface area contributed by atoms with Gasteiger partial charge in [-0.3, -0.25) is 4.90 Å². The molecule has 130 valence electrons. The summed E-state index contributed by atoms with van der Waals surface area (Å²) in [5, 5.41) is 0. The molecule has 0 unspecified atom stereocenters. The summed E-state index contributed by atoms with van der Waals surface area (Å²) in [4.78, 5) is 2.36. The van der Waals surface area contributed by atoms with Crippen LogP contribution in [0, 0.1) is 5.92 Å². The van der Waals surface area contributed by atoms with Gasteiger partial charge in [0.05, 0.1) is 12.7 Å². The summed E-state index contributed by atoms with van der Waals surface area (Å²) in [6, 6.07) is 0. The molecule has 0 radical (unpaired) electrons. The Bertz CT molecular complexity index is 420. The topological polar surface area (TPSA) is 61.9 Å². The van der Waals surface area contributed by atoms with Crippen LogP contribution in [0.1, 0.15) is 39.5 Å². The maximum atomic E-state index is 12.4. The summed E-state index contributed by atoms with van der Waals surface area (Å²) in [5.41, 5.74) is 0. The van der Waals surface area contributed by atoms with Crippen LogP contribution in [0.4, 0.5) is 0 Å². The van der Waals surface area contributed by atoms with E-state index in [1.165, 1.54) is 0 Å². The molecule has 0 aromatic rings. The largest absolute Gasteiger partial charge is 0.374 e. The fourth-order valence-electron chi connectivity index (χ4n) is 3.16. The molecule has 6 nitrogen and oxygen atoms in total. The molecule has 0 amide bonds. The summed E-state index contributed by atoms with van der Waals surface area (Å²) in [6.07, 6.45) is 4.13. The van der Waals surface area contributed by atoms with E-state index in [-0.39, 0.29) is 6.10 Å². The van der Waals surface area contributed by atoms with Crippen molar-refractivity contribution >= 4 is 10.2 Å². The molecule has 1 N–H and O–H groups in total. The number of hydrogen-bond donors (Lipinski definition) is 1. The van der Waals surface area contributed by atoms with Crippen LogP contribution in [0.2, 0.25) is 0 Å². The molecule has 2 aliphatic rings. The normalized spacial score (nSPS) is 26.2. The third-order valence-corrected chi connectivity index (χ3v) is 5.82.